The zero-order valence-corrected chi connectivity index (χ0v) is 24.4. The summed E-state index contributed by atoms with van der Waals surface area (Å²) in [5.41, 5.74) is 2.04. The third kappa shape index (κ3) is 5.95. The second kappa shape index (κ2) is 12.6. The molecule has 2 fully saturated rings. The Labute approximate surface area is 246 Å². The van der Waals surface area contributed by atoms with Gasteiger partial charge in [0.1, 0.15) is 5.75 Å². The Bertz CT molecular complexity index is 1450. The standard InChI is InChI=1S/C32H38N6O4/c1-5-17-38(31(40)33-2)37-19-18-36-28(20-23-13-15-26(16-14-23)42-32(41)34(3)4)30(39)35(22-29(36)37)21-25-11-8-10-24-9-6-7-12-27(24)25/h5-16,28-29H,1,17-22H2,2-4H3,(H,33,40)/t28-,29-/m0/s1. The number of amides is 4. The van der Waals surface area contributed by atoms with Crippen molar-refractivity contribution >= 4 is 28.8 Å². The Morgan fingerprint density at radius 2 is 1.79 bits per heavy atom. The molecule has 42 heavy (non-hydrogen) atoms. The van der Waals surface area contributed by atoms with Crippen molar-refractivity contribution in [3.8, 4) is 5.75 Å². The van der Waals surface area contributed by atoms with Gasteiger partial charge in [0, 0.05) is 40.8 Å². The molecule has 2 heterocycles. The van der Waals surface area contributed by atoms with Crippen LogP contribution in [0.25, 0.3) is 10.8 Å². The third-order valence-electron chi connectivity index (χ3n) is 7.92. The highest BCUT2D eigenvalue weighted by molar-refractivity contribution is 5.87. The number of urea groups is 1. The molecule has 4 amide bonds. The van der Waals surface area contributed by atoms with E-state index in [1.165, 1.54) is 4.90 Å². The summed E-state index contributed by atoms with van der Waals surface area (Å²) >= 11 is 0. The molecule has 5 rings (SSSR count). The summed E-state index contributed by atoms with van der Waals surface area (Å²) in [4.78, 5) is 44.5. The van der Waals surface area contributed by atoms with Crippen LogP contribution in [0.3, 0.4) is 0 Å². The van der Waals surface area contributed by atoms with Gasteiger partial charge < -0.3 is 19.9 Å². The first kappa shape index (κ1) is 29.1. The fourth-order valence-electron chi connectivity index (χ4n) is 5.82. The van der Waals surface area contributed by atoms with E-state index >= 15 is 0 Å². The minimum absolute atomic E-state index is 0.0550. The quantitative estimate of drug-likeness (QED) is 0.417. The molecule has 1 N–H and O–H groups in total. The van der Waals surface area contributed by atoms with Gasteiger partial charge in [-0.1, -0.05) is 60.7 Å². The van der Waals surface area contributed by atoms with Gasteiger partial charge >= 0.3 is 12.1 Å². The topological polar surface area (TPSA) is 88.7 Å². The number of hydrogen-bond donors (Lipinski definition) is 1. The molecule has 0 aromatic heterocycles. The van der Waals surface area contributed by atoms with E-state index in [1.807, 2.05) is 35.2 Å². The minimum Gasteiger partial charge on any atom is -0.410 e. The highest BCUT2D eigenvalue weighted by Crippen LogP contribution is 2.31. The summed E-state index contributed by atoms with van der Waals surface area (Å²) in [6, 6.07) is 21.0. The largest absolute Gasteiger partial charge is 0.414 e. The molecule has 0 saturated carbocycles. The average molecular weight is 571 g/mol. The second-order valence-electron chi connectivity index (χ2n) is 10.8. The van der Waals surface area contributed by atoms with Crippen LogP contribution >= 0.6 is 0 Å². The van der Waals surface area contributed by atoms with Crippen molar-refractivity contribution < 1.29 is 19.1 Å². The molecule has 2 aliphatic rings. The van der Waals surface area contributed by atoms with Crippen LogP contribution in [0.1, 0.15) is 11.1 Å². The van der Waals surface area contributed by atoms with Crippen LogP contribution in [0.4, 0.5) is 9.59 Å². The van der Waals surface area contributed by atoms with Crippen molar-refractivity contribution in [1.82, 2.24) is 30.0 Å². The number of hydrogen-bond acceptors (Lipinski definition) is 6. The SMILES string of the molecule is C=CCN(C(=O)NC)N1CCN2[C@@H](Cc3ccc(OC(=O)N(C)C)cc3)C(=O)N(Cc3cccc4ccccc34)C[C@@H]21. The summed E-state index contributed by atoms with van der Waals surface area (Å²) in [5, 5.41) is 8.72. The van der Waals surface area contributed by atoms with E-state index in [1.54, 1.807) is 44.4 Å². The maximum atomic E-state index is 14.2. The molecule has 0 aliphatic carbocycles. The Morgan fingerprint density at radius 1 is 1.05 bits per heavy atom. The summed E-state index contributed by atoms with van der Waals surface area (Å²) in [5.74, 6) is 0.500. The van der Waals surface area contributed by atoms with Gasteiger partial charge in [-0.05, 0) is 40.5 Å². The number of rotatable bonds is 8. The molecule has 2 aliphatic heterocycles. The number of hydrazine groups is 1. The molecule has 220 valence electrons. The Balaban J connectivity index is 1.44. The Kier molecular flexibility index (Phi) is 8.75. The van der Waals surface area contributed by atoms with E-state index in [0.29, 0.717) is 44.9 Å². The molecule has 0 radical (unpaired) electrons. The monoisotopic (exact) mass is 570 g/mol. The highest BCUT2D eigenvalue weighted by atomic mass is 16.6. The van der Waals surface area contributed by atoms with Crippen molar-refractivity contribution in [3.63, 3.8) is 0 Å². The molecular weight excluding hydrogens is 532 g/mol. The highest BCUT2D eigenvalue weighted by Gasteiger charge is 2.48. The first-order valence-electron chi connectivity index (χ1n) is 14.2. The predicted octanol–water partition coefficient (Wildman–Crippen LogP) is 3.54. The van der Waals surface area contributed by atoms with Crippen LogP contribution in [-0.4, -0.2) is 102 Å². The molecule has 0 unspecified atom stereocenters. The zero-order chi connectivity index (χ0) is 29.8. The van der Waals surface area contributed by atoms with Gasteiger partial charge in [0.15, 0.2) is 0 Å². The van der Waals surface area contributed by atoms with Crippen LogP contribution in [0.2, 0.25) is 0 Å². The minimum atomic E-state index is -0.450. The lowest BCUT2D eigenvalue weighted by molar-refractivity contribution is -0.151. The van der Waals surface area contributed by atoms with Gasteiger partial charge in [-0.25, -0.2) is 9.59 Å². The van der Waals surface area contributed by atoms with Gasteiger partial charge in [-0.15, -0.1) is 6.58 Å². The average Bonchev–Trinajstić information content (AvgIpc) is 3.41. The molecule has 2 saturated heterocycles. The van der Waals surface area contributed by atoms with Crippen LogP contribution in [0.5, 0.6) is 5.75 Å². The second-order valence-corrected chi connectivity index (χ2v) is 10.8. The van der Waals surface area contributed by atoms with Crippen LogP contribution < -0.4 is 10.1 Å². The number of benzene rings is 3. The fourth-order valence-corrected chi connectivity index (χ4v) is 5.82. The molecule has 0 spiro atoms. The summed E-state index contributed by atoms with van der Waals surface area (Å²) < 4.78 is 5.37. The van der Waals surface area contributed by atoms with E-state index in [4.69, 9.17) is 4.74 Å². The lowest BCUT2D eigenvalue weighted by atomic mass is 9.99. The van der Waals surface area contributed by atoms with Crippen molar-refractivity contribution in [2.75, 3.05) is 47.3 Å². The number of nitrogens with zero attached hydrogens (tertiary/aromatic N) is 5. The molecule has 0 bridgehead atoms. The maximum absolute atomic E-state index is 14.2. The smallest absolute Gasteiger partial charge is 0.410 e. The lowest BCUT2D eigenvalue weighted by Crippen LogP contribution is -2.65. The fraction of sp³-hybridized carbons (Fsp3) is 0.344. The van der Waals surface area contributed by atoms with E-state index in [-0.39, 0.29) is 18.1 Å². The first-order valence-corrected chi connectivity index (χ1v) is 14.2. The van der Waals surface area contributed by atoms with Gasteiger partial charge in [-0.2, -0.15) is 5.01 Å². The van der Waals surface area contributed by atoms with Crippen molar-refractivity contribution in [1.29, 1.82) is 0 Å². The summed E-state index contributed by atoms with van der Waals surface area (Å²) in [6.45, 7) is 6.39. The Hall–Kier alpha value is -4.41. The zero-order valence-electron chi connectivity index (χ0n) is 24.4. The number of piperazine rings is 1. The first-order chi connectivity index (χ1) is 20.3. The number of carbonyl (C=O) groups is 3. The van der Waals surface area contributed by atoms with E-state index < -0.39 is 12.1 Å². The van der Waals surface area contributed by atoms with Gasteiger partial charge in [0.25, 0.3) is 0 Å². The van der Waals surface area contributed by atoms with Crippen LogP contribution in [0.15, 0.2) is 79.4 Å². The molecule has 3 aromatic carbocycles. The van der Waals surface area contributed by atoms with Crippen LogP contribution in [-0.2, 0) is 17.8 Å². The van der Waals surface area contributed by atoms with Gasteiger partial charge in [0.05, 0.1) is 25.3 Å². The molecule has 2 atom stereocenters. The number of ether oxygens (including phenoxy) is 1. The summed E-state index contributed by atoms with van der Waals surface area (Å²) in [7, 11) is 4.88. The number of nitrogens with one attached hydrogen (secondary N) is 1. The molecule has 10 nitrogen and oxygen atoms in total. The van der Waals surface area contributed by atoms with Gasteiger partial charge in [-0.3, -0.25) is 14.7 Å². The normalized spacial score (nSPS) is 18.9. The third-order valence-corrected chi connectivity index (χ3v) is 7.92. The van der Waals surface area contributed by atoms with Crippen LogP contribution in [0, 0.1) is 0 Å². The van der Waals surface area contributed by atoms with Crippen molar-refractivity contribution in [2.45, 2.75) is 25.2 Å². The lowest BCUT2D eigenvalue weighted by Gasteiger charge is -2.46. The number of fused-ring (bicyclic) bond motifs is 2. The predicted molar refractivity (Wildman–Crippen MR) is 162 cm³/mol. The van der Waals surface area contributed by atoms with Crippen molar-refractivity contribution in [2.24, 2.45) is 0 Å². The number of carbonyl (C=O) groups excluding carboxylic acids is 3. The van der Waals surface area contributed by atoms with E-state index in [2.05, 4.69) is 46.1 Å². The maximum Gasteiger partial charge on any atom is 0.414 e. The van der Waals surface area contributed by atoms with Gasteiger partial charge in [0.2, 0.25) is 5.91 Å². The molecular formula is C32H38N6O4. The molecule has 3 aromatic rings. The van der Waals surface area contributed by atoms with E-state index in [9.17, 15) is 14.4 Å². The molecule has 10 heteroatoms. The van der Waals surface area contributed by atoms with Crippen molar-refractivity contribution in [3.05, 3.63) is 90.5 Å². The Morgan fingerprint density at radius 3 is 2.50 bits per heavy atom. The summed E-state index contributed by atoms with van der Waals surface area (Å²) in [6.07, 6.45) is 1.57. The van der Waals surface area contributed by atoms with E-state index in [0.717, 1.165) is 21.9 Å².